The molecule has 0 saturated heterocycles. The summed E-state index contributed by atoms with van der Waals surface area (Å²) in [6, 6.07) is 49.8. The molecule has 0 radical (unpaired) electrons. The molecule has 1 aliphatic heterocycles. The topological polar surface area (TPSA) is 29.9 Å². The number of para-hydroxylation sites is 3. The summed E-state index contributed by atoms with van der Waals surface area (Å²) in [6.07, 6.45) is 4.57. The molecule has 0 saturated carbocycles. The summed E-state index contributed by atoms with van der Waals surface area (Å²) in [4.78, 5) is 5.10. The standard InChI is InChI=1S/C41H29N3/c1-41-34-16-8-6-12-28(34)24-26-35(41)38(33-25-23-27-11-5-7-15-32(27)39(33)43-41)29-19-21-30(22-20-29)40-42-36-17-9-10-18-37(36)44(40)31-13-3-2-4-14-31/h2-26,43H,1H3. The molecule has 3 heteroatoms. The molecule has 0 bridgehead atoms. The van der Waals surface area contributed by atoms with E-state index in [9.17, 15) is 0 Å². The first-order valence-corrected chi connectivity index (χ1v) is 15.2. The molecule has 0 spiro atoms. The third-order valence-electron chi connectivity index (χ3n) is 9.32. The monoisotopic (exact) mass is 563 g/mol. The van der Waals surface area contributed by atoms with Crippen molar-refractivity contribution in [2.75, 3.05) is 5.32 Å². The van der Waals surface area contributed by atoms with Crippen LogP contribution in [-0.2, 0) is 5.54 Å². The maximum absolute atomic E-state index is 5.10. The van der Waals surface area contributed by atoms with Gasteiger partial charge in [0, 0.05) is 22.2 Å². The molecular formula is C41H29N3. The maximum atomic E-state index is 5.10. The Labute approximate surface area is 256 Å². The molecule has 2 heterocycles. The highest BCUT2D eigenvalue weighted by atomic mass is 15.1. The predicted molar refractivity (Wildman–Crippen MR) is 183 cm³/mol. The van der Waals surface area contributed by atoms with E-state index in [-0.39, 0.29) is 5.54 Å². The second-order valence-electron chi connectivity index (χ2n) is 11.8. The first-order valence-electron chi connectivity index (χ1n) is 15.2. The van der Waals surface area contributed by atoms with E-state index < -0.39 is 0 Å². The van der Waals surface area contributed by atoms with E-state index in [0.29, 0.717) is 0 Å². The molecule has 6 aromatic carbocycles. The minimum Gasteiger partial charge on any atom is -0.371 e. The zero-order valence-corrected chi connectivity index (χ0v) is 24.3. The lowest BCUT2D eigenvalue weighted by atomic mass is 9.70. The van der Waals surface area contributed by atoms with Crippen LogP contribution in [-0.4, -0.2) is 9.55 Å². The van der Waals surface area contributed by atoms with Crippen molar-refractivity contribution >= 4 is 39.1 Å². The summed E-state index contributed by atoms with van der Waals surface area (Å²) < 4.78 is 2.26. The first kappa shape index (κ1) is 24.9. The number of imidazole rings is 1. The van der Waals surface area contributed by atoms with Gasteiger partial charge in [-0.25, -0.2) is 4.98 Å². The fraction of sp³-hybridized carbons (Fsp3) is 0.0488. The lowest BCUT2D eigenvalue weighted by molar-refractivity contribution is 0.650. The molecule has 9 rings (SSSR count). The van der Waals surface area contributed by atoms with Crippen molar-refractivity contribution in [1.82, 2.24) is 9.55 Å². The molecule has 208 valence electrons. The largest absolute Gasteiger partial charge is 0.371 e. The Hall–Kier alpha value is -5.67. The number of benzene rings is 6. The average Bonchev–Trinajstić information content (AvgIpc) is 3.47. The van der Waals surface area contributed by atoms with Crippen molar-refractivity contribution in [3.8, 4) is 17.1 Å². The Morgan fingerprint density at radius 3 is 2.25 bits per heavy atom. The van der Waals surface area contributed by atoms with E-state index in [0.717, 1.165) is 28.1 Å². The van der Waals surface area contributed by atoms with Gasteiger partial charge >= 0.3 is 0 Å². The van der Waals surface area contributed by atoms with Crippen LogP contribution < -0.4 is 5.32 Å². The van der Waals surface area contributed by atoms with Crippen LogP contribution in [0.15, 0.2) is 151 Å². The molecule has 1 unspecified atom stereocenters. The Morgan fingerprint density at radius 1 is 0.636 bits per heavy atom. The smallest absolute Gasteiger partial charge is 0.145 e. The predicted octanol–water partition coefficient (Wildman–Crippen LogP) is 10.0. The summed E-state index contributed by atoms with van der Waals surface area (Å²) in [7, 11) is 0. The minimum atomic E-state index is -0.377. The fourth-order valence-electron chi connectivity index (χ4n) is 7.22. The Kier molecular flexibility index (Phi) is 5.33. The molecular weight excluding hydrogens is 534 g/mol. The van der Waals surface area contributed by atoms with Crippen LogP contribution in [0.25, 0.3) is 50.5 Å². The van der Waals surface area contributed by atoms with Gasteiger partial charge in [-0.05, 0) is 64.4 Å². The van der Waals surface area contributed by atoms with E-state index in [1.807, 2.05) is 0 Å². The van der Waals surface area contributed by atoms with Gasteiger partial charge in [-0.1, -0.05) is 127 Å². The van der Waals surface area contributed by atoms with Gasteiger partial charge in [0.1, 0.15) is 5.82 Å². The van der Waals surface area contributed by atoms with Gasteiger partial charge in [0.2, 0.25) is 0 Å². The Morgan fingerprint density at radius 2 is 1.36 bits per heavy atom. The van der Waals surface area contributed by atoms with Gasteiger partial charge in [0.15, 0.2) is 0 Å². The first-order chi connectivity index (χ1) is 21.7. The molecule has 44 heavy (non-hydrogen) atoms. The summed E-state index contributed by atoms with van der Waals surface area (Å²) in [5.41, 5.74) is 12.6. The molecule has 1 aliphatic carbocycles. The molecule has 0 fully saturated rings. The highest BCUT2D eigenvalue weighted by molar-refractivity contribution is 6.06. The van der Waals surface area contributed by atoms with Gasteiger partial charge in [0.25, 0.3) is 0 Å². The lowest BCUT2D eigenvalue weighted by Gasteiger charge is -2.43. The van der Waals surface area contributed by atoms with E-state index in [4.69, 9.17) is 4.98 Å². The number of hydrogen-bond acceptors (Lipinski definition) is 2. The molecule has 1 N–H and O–H groups in total. The molecule has 1 atom stereocenters. The van der Waals surface area contributed by atoms with E-state index in [2.05, 4.69) is 168 Å². The lowest BCUT2D eigenvalue weighted by Crippen LogP contribution is -2.39. The van der Waals surface area contributed by atoms with Crippen molar-refractivity contribution in [1.29, 1.82) is 0 Å². The van der Waals surface area contributed by atoms with Crippen molar-refractivity contribution in [3.63, 3.8) is 0 Å². The van der Waals surface area contributed by atoms with Crippen molar-refractivity contribution in [2.24, 2.45) is 0 Å². The minimum absolute atomic E-state index is 0.377. The van der Waals surface area contributed by atoms with Crippen LogP contribution in [0.4, 0.5) is 5.69 Å². The summed E-state index contributed by atoms with van der Waals surface area (Å²) >= 11 is 0. The Balaban J connectivity index is 1.26. The maximum Gasteiger partial charge on any atom is 0.145 e. The highest BCUT2D eigenvalue weighted by Crippen LogP contribution is 2.52. The summed E-state index contributed by atoms with van der Waals surface area (Å²) in [5.74, 6) is 0.939. The zero-order chi connectivity index (χ0) is 29.3. The second kappa shape index (κ2) is 9.42. The van der Waals surface area contributed by atoms with Crippen LogP contribution in [0.5, 0.6) is 0 Å². The Bertz CT molecular complexity index is 2310. The molecule has 2 aliphatic rings. The number of aromatic nitrogens is 2. The third-order valence-corrected chi connectivity index (χ3v) is 9.32. The number of nitrogens with zero attached hydrogens (tertiary/aromatic N) is 2. The van der Waals surface area contributed by atoms with Crippen LogP contribution >= 0.6 is 0 Å². The number of fused-ring (bicyclic) bond motifs is 7. The number of rotatable bonds is 3. The van der Waals surface area contributed by atoms with Gasteiger partial charge in [0.05, 0.1) is 22.3 Å². The van der Waals surface area contributed by atoms with Crippen LogP contribution in [0.1, 0.15) is 29.2 Å². The number of hydrogen-bond donors (Lipinski definition) is 1. The van der Waals surface area contributed by atoms with Crippen LogP contribution in [0.3, 0.4) is 0 Å². The molecule has 7 aromatic rings. The average molecular weight is 564 g/mol. The van der Waals surface area contributed by atoms with Crippen LogP contribution in [0, 0.1) is 0 Å². The second-order valence-corrected chi connectivity index (χ2v) is 11.8. The zero-order valence-electron chi connectivity index (χ0n) is 24.3. The van der Waals surface area contributed by atoms with Crippen molar-refractivity contribution in [3.05, 3.63) is 173 Å². The molecule has 1 aromatic heterocycles. The van der Waals surface area contributed by atoms with E-state index in [1.165, 1.54) is 49.9 Å². The van der Waals surface area contributed by atoms with Gasteiger partial charge in [-0.15, -0.1) is 0 Å². The SMILES string of the molecule is CC12Nc3c(ccc4ccccc34)C(c3ccc(-c4nc5ccccc5n4-c4ccccc4)cc3)=C1C=Cc1ccccc12. The highest BCUT2D eigenvalue weighted by Gasteiger charge is 2.40. The van der Waals surface area contributed by atoms with E-state index in [1.54, 1.807) is 0 Å². The van der Waals surface area contributed by atoms with Gasteiger partial charge < -0.3 is 5.32 Å². The van der Waals surface area contributed by atoms with Gasteiger partial charge in [-0.3, -0.25) is 4.57 Å². The number of anilines is 1. The van der Waals surface area contributed by atoms with E-state index >= 15 is 0 Å². The van der Waals surface area contributed by atoms with Crippen molar-refractivity contribution in [2.45, 2.75) is 12.5 Å². The normalized spacial score (nSPS) is 16.8. The molecule has 3 nitrogen and oxygen atoms in total. The quantitative estimate of drug-likeness (QED) is 0.232. The number of nitrogens with one attached hydrogen (secondary N) is 1. The summed E-state index contributed by atoms with van der Waals surface area (Å²) in [6.45, 7) is 2.33. The molecule has 0 amide bonds. The van der Waals surface area contributed by atoms with Crippen molar-refractivity contribution < 1.29 is 0 Å². The summed E-state index contributed by atoms with van der Waals surface area (Å²) in [5, 5.41) is 6.50. The third kappa shape index (κ3) is 3.59. The van der Waals surface area contributed by atoms with Crippen LogP contribution in [0.2, 0.25) is 0 Å². The fourth-order valence-corrected chi connectivity index (χ4v) is 7.22. The van der Waals surface area contributed by atoms with Gasteiger partial charge in [-0.2, -0.15) is 0 Å².